The van der Waals surface area contributed by atoms with E-state index in [2.05, 4.69) is 0 Å². The van der Waals surface area contributed by atoms with Crippen molar-refractivity contribution in [1.29, 1.82) is 0 Å². The molecule has 118 valence electrons. The summed E-state index contributed by atoms with van der Waals surface area (Å²) in [5.41, 5.74) is -1.13. The molecule has 0 fully saturated rings. The Balaban J connectivity index is 2.03. The number of para-hydroxylation sites is 1. The summed E-state index contributed by atoms with van der Waals surface area (Å²) in [4.78, 5) is 26.2. The molecule has 2 aromatic carbocycles. The van der Waals surface area contributed by atoms with Gasteiger partial charge in [0.15, 0.2) is 11.4 Å². The van der Waals surface area contributed by atoms with E-state index in [9.17, 15) is 19.8 Å². The zero-order valence-corrected chi connectivity index (χ0v) is 13.0. The number of hydrogen-bond acceptors (Lipinski definition) is 4. The highest BCUT2D eigenvalue weighted by Crippen LogP contribution is 2.43. The van der Waals surface area contributed by atoms with Crippen molar-refractivity contribution in [3.63, 3.8) is 0 Å². The number of phenols is 1. The van der Waals surface area contributed by atoms with Crippen molar-refractivity contribution in [2.24, 2.45) is 0 Å². The first-order chi connectivity index (χ1) is 10.8. The number of Topliss-reactive ketones (excluding diaryl/α,β-unsaturated/α-hetero) is 1. The van der Waals surface area contributed by atoms with Crippen LogP contribution in [0.4, 0.5) is 5.69 Å². The number of ketones is 1. The fourth-order valence-electron chi connectivity index (χ4n) is 2.84. The molecule has 1 heterocycles. The van der Waals surface area contributed by atoms with Crippen molar-refractivity contribution in [3.05, 3.63) is 58.6 Å². The van der Waals surface area contributed by atoms with Crippen LogP contribution in [0.2, 0.25) is 5.02 Å². The topological polar surface area (TPSA) is 77.8 Å². The highest BCUT2D eigenvalue weighted by molar-refractivity contribution is 6.31. The third-order valence-corrected chi connectivity index (χ3v) is 4.28. The minimum absolute atomic E-state index is 0.0619. The Morgan fingerprint density at radius 2 is 1.96 bits per heavy atom. The number of fused-ring (bicyclic) bond motifs is 1. The van der Waals surface area contributed by atoms with Crippen LogP contribution in [0.1, 0.15) is 22.3 Å². The van der Waals surface area contributed by atoms with Crippen molar-refractivity contribution in [3.8, 4) is 5.75 Å². The van der Waals surface area contributed by atoms with Gasteiger partial charge in [-0.1, -0.05) is 23.7 Å². The molecule has 5 nitrogen and oxygen atoms in total. The van der Waals surface area contributed by atoms with Gasteiger partial charge in [0.2, 0.25) is 0 Å². The predicted molar refractivity (Wildman–Crippen MR) is 85.8 cm³/mol. The molecule has 23 heavy (non-hydrogen) atoms. The molecule has 1 aliphatic rings. The largest absolute Gasteiger partial charge is 0.507 e. The Morgan fingerprint density at radius 1 is 1.26 bits per heavy atom. The number of carbonyl (C=O) groups is 2. The van der Waals surface area contributed by atoms with Crippen LogP contribution in [0.15, 0.2) is 42.5 Å². The van der Waals surface area contributed by atoms with E-state index in [1.165, 1.54) is 30.1 Å². The molecule has 1 amide bonds. The Kier molecular flexibility index (Phi) is 3.62. The van der Waals surface area contributed by atoms with E-state index in [1.54, 1.807) is 24.3 Å². The number of aromatic hydroxyl groups is 1. The van der Waals surface area contributed by atoms with Crippen LogP contribution < -0.4 is 4.90 Å². The second-order valence-corrected chi connectivity index (χ2v) is 5.94. The minimum Gasteiger partial charge on any atom is -0.507 e. The summed E-state index contributed by atoms with van der Waals surface area (Å²) in [6.45, 7) is 0. The smallest absolute Gasteiger partial charge is 0.263 e. The second kappa shape index (κ2) is 5.37. The van der Waals surface area contributed by atoms with Crippen molar-refractivity contribution in [2.45, 2.75) is 12.0 Å². The van der Waals surface area contributed by atoms with Crippen LogP contribution in [0.5, 0.6) is 5.75 Å². The standard InChI is InChI=1S/C17H14ClNO4/c1-19-13-7-6-10(18)8-12(13)17(23,16(19)22)9-15(21)11-4-2-3-5-14(11)20/h2-8,20,23H,9H2,1H3. The quantitative estimate of drug-likeness (QED) is 0.847. The molecule has 0 spiro atoms. The van der Waals surface area contributed by atoms with Crippen LogP contribution in [-0.4, -0.2) is 29.0 Å². The first-order valence-corrected chi connectivity index (χ1v) is 7.34. The van der Waals surface area contributed by atoms with Gasteiger partial charge in [0, 0.05) is 17.6 Å². The van der Waals surface area contributed by atoms with Gasteiger partial charge in [-0.05, 0) is 30.3 Å². The molecule has 0 aliphatic carbocycles. The van der Waals surface area contributed by atoms with Crippen LogP contribution in [0, 0.1) is 0 Å². The van der Waals surface area contributed by atoms with E-state index >= 15 is 0 Å². The number of rotatable bonds is 3. The lowest BCUT2D eigenvalue weighted by Gasteiger charge is -2.21. The molecule has 0 saturated heterocycles. The number of aliphatic hydroxyl groups is 1. The Morgan fingerprint density at radius 3 is 2.65 bits per heavy atom. The molecule has 2 N–H and O–H groups in total. The molecule has 1 atom stereocenters. The molecule has 0 radical (unpaired) electrons. The van der Waals surface area contributed by atoms with Crippen LogP contribution in [-0.2, 0) is 10.4 Å². The number of nitrogens with zero attached hydrogens (tertiary/aromatic N) is 1. The van der Waals surface area contributed by atoms with Gasteiger partial charge in [0.1, 0.15) is 5.75 Å². The molecular formula is C17H14ClNO4. The van der Waals surface area contributed by atoms with Gasteiger partial charge in [-0.2, -0.15) is 0 Å². The van der Waals surface area contributed by atoms with Gasteiger partial charge < -0.3 is 15.1 Å². The van der Waals surface area contributed by atoms with Gasteiger partial charge in [0.25, 0.3) is 5.91 Å². The first-order valence-electron chi connectivity index (χ1n) is 6.96. The number of halogens is 1. The fourth-order valence-corrected chi connectivity index (χ4v) is 3.01. The van der Waals surface area contributed by atoms with Crippen molar-refractivity contribution < 1.29 is 19.8 Å². The van der Waals surface area contributed by atoms with E-state index in [4.69, 9.17) is 11.6 Å². The Labute approximate surface area is 137 Å². The zero-order valence-electron chi connectivity index (χ0n) is 12.3. The van der Waals surface area contributed by atoms with Crippen LogP contribution >= 0.6 is 11.6 Å². The van der Waals surface area contributed by atoms with Gasteiger partial charge in [-0.15, -0.1) is 0 Å². The zero-order chi connectivity index (χ0) is 16.8. The summed E-state index contributed by atoms with van der Waals surface area (Å²) in [6, 6.07) is 10.7. The van der Waals surface area contributed by atoms with Gasteiger partial charge >= 0.3 is 0 Å². The van der Waals surface area contributed by atoms with Crippen molar-refractivity contribution in [2.75, 3.05) is 11.9 Å². The monoisotopic (exact) mass is 331 g/mol. The summed E-state index contributed by atoms with van der Waals surface area (Å²) in [5.74, 6) is -1.31. The minimum atomic E-state index is -1.99. The molecule has 0 saturated carbocycles. The van der Waals surface area contributed by atoms with E-state index < -0.39 is 23.7 Å². The lowest BCUT2D eigenvalue weighted by Crippen LogP contribution is -2.40. The van der Waals surface area contributed by atoms with Crippen LogP contribution in [0.25, 0.3) is 0 Å². The third kappa shape index (κ3) is 2.38. The van der Waals surface area contributed by atoms with E-state index in [1.807, 2.05) is 0 Å². The van der Waals surface area contributed by atoms with E-state index in [0.717, 1.165) is 0 Å². The molecule has 1 unspecified atom stereocenters. The van der Waals surface area contributed by atoms with E-state index in [0.29, 0.717) is 16.3 Å². The normalized spacial score (nSPS) is 19.8. The Bertz CT molecular complexity index is 820. The highest BCUT2D eigenvalue weighted by atomic mass is 35.5. The van der Waals surface area contributed by atoms with Crippen molar-refractivity contribution in [1.82, 2.24) is 0 Å². The average molecular weight is 332 g/mol. The molecular weight excluding hydrogens is 318 g/mol. The number of benzene rings is 2. The molecule has 0 aromatic heterocycles. The summed E-state index contributed by atoms with van der Waals surface area (Å²) < 4.78 is 0. The van der Waals surface area contributed by atoms with Crippen LogP contribution in [0.3, 0.4) is 0 Å². The summed E-state index contributed by atoms with van der Waals surface area (Å²) in [5, 5.41) is 21.0. The van der Waals surface area contributed by atoms with E-state index in [-0.39, 0.29) is 11.3 Å². The highest BCUT2D eigenvalue weighted by Gasteiger charge is 2.50. The summed E-state index contributed by atoms with van der Waals surface area (Å²) >= 11 is 5.96. The number of carbonyl (C=O) groups excluding carboxylic acids is 2. The van der Waals surface area contributed by atoms with Gasteiger partial charge in [-0.3, -0.25) is 9.59 Å². The first kappa shape index (κ1) is 15.5. The molecule has 2 aromatic rings. The predicted octanol–water partition coefficient (Wildman–Crippen LogP) is 2.48. The number of likely N-dealkylation sites (N-methyl/N-ethyl adjacent to an activating group) is 1. The maximum Gasteiger partial charge on any atom is 0.263 e. The molecule has 1 aliphatic heterocycles. The number of amides is 1. The van der Waals surface area contributed by atoms with Gasteiger partial charge in [-0.25, -0.2) is 0 Å². The second-order valence-electron chi connectivity index (χ2n) is 5.50. The summed E-state index contributed by atoms with van der Waals surface area (Å²) in [7, 11) is 1.53. The summed E-state index contributed by atoms with van der Waals surface area (Å²) in [6.07, 6.45) is -0.471. The molecule has 3 rings (SSSR count). The number of anilines is 1. The molecule has 6 heteroatoms. The maximum atomic E-state index is 12.5. The lowest BCUT2D eigenvalue weighted by atomic mass is 9.88. The maximum absolute atomic E-state index is 12.5. The number of phenolic OH excluding ortho intramolecular Hbond substituents is 1. The average Bonchev–Trinajstić information content (AvgIpc) is 2.69. The lowest BCUT2D eigenvalue weighted by molar-refractivity contribution is -0.135. The third-order valence-electron chi connectivity index (χ3n) is 4.04. The van der Waals surface area contributed by atoms with Crippen molar-refractivity contribution >= 4 is 29.0 Å². The number of hydrogen-bond donors (Lipinski definition) is 2. The molecule has 0 bridgehead atoms. The Hall–Kier alpha value is -2.37. The SMILES string of the molecule is CN1C(=O)C(O)(CC(=O)c2ccccc2O)c2cc(Cl)ccc21. The van der Waals surface area contributed by atoms with Gasteiger partial charge in [0.05, 0.1) is 17.7 Å². The fraction of sp³-hybridized carbons (Fsp3) is 0.176.